The van der Waals surface area contributed by atoms with Crippen molar-refractivity contribution in [2.75, 3.05) is 18.5 Å². The fraction of sp³-hybridized carbons (Fsp3) is 0.538. The van der Waals surface area contributed by atoms with E-state index in [1.54, 1.807) is 0 Å². The highest BCUT2D eigenvalue weighted by Gasteiger charge is 2.18. The van der Waals surface area contributed by atoms with Gasteiger partial charge in [0.1, 0.15) is 5.75 Å². The van der Waals surface area contributed by atoms with E-state index in [1.807, 2.05) is 13.0 Å². The first-order valence-corrected chi connectivity index (χ1v) is 6.90. The maximum atomic E-state index is 5.79. The van der Waals surface area contributed by atoms with Crippen molar-refractivity contribution in [3.05, 3.63) is 29.3 Å². The van der Waals surface area contributed by atoms with Crippen molar-refractivity contribution in [1.82, 2.24) is 0 Å². The van der Waals surface area contributed by atoms with Crippen molar-refractivity contribution in [1.29, 1.82) is 0 Å². The average molecular weight is 285 g/mol. The van der Waals surface area contributed by atoms with Gasteiger partial charge < -0.3 is 9.47 Å². The zero-order chi connectivity index (χ0) is 11.4. The molecular formula is C13H17BrO2. The van der Waals surface area contributed by atoms with E-state index in [0.29, 0.717) is 0 Å². The summed E-state index contributed by atoms with van der Waals surface area (Å²) in [4.78, 5) is 0. The predicted molar refractivity (Wildman–Crippen MR) is 68.4 cm³/mol. The Balaban J connectivity index is 2.29. The number of ether oxygens (including phenoxy) is 2. The van der Waals surface area contributed by atoms with E-state index in [2.05, 4.69) is 28.1 Å². The third-order valence-electron chi connectivity index (χ3n) is 2.82. The number of fused-ring (bicyclic) bond motifs is 1. The van der Waals surface area contributed by atoms with E-state index in [9.17, 15) is 0 Å². The van der Waals surface area contributed by atoms with Gasteiger partial charge in [0, 0.05) is 11.9 Å². The van der Waals surface area contributed by atoms with Crippen molar-refractivity contribution in [2.45, 2.75) is 25.9 Å². The van der Waals surface area contributed by atoms with Gasteiger partial charge in [-0.05, 0) is 43.0 Å². The van der Waals surface area contributed by atoms with Gasteiger partial charge in [-0.3, -0.25) is 0 Å². The first-order valence-electron chi connectivity index (χ1n) is 5.78. The lowest BCUT2D eigenvalue weighted by molar-refractivity contribution is 0.0740. The maximum Gasteiger partial charge on any atom is 0.119 e. The lowest BCUT2D eigenvalue weighted by Gasteiger charge is -2.16. The van der Waals surface area contributed by atoms with E-state index < -0.39 is 0 Å². The van der Waals surface area contributed by atoms with Gasteiger partial charge in [-0.25, -0.2) is 0 Å². The van der Waals surface area contributed by atoms with Crippen LogP contribution < -0.4 is 4.74 Å². The molecule has 2 nitrogen and oxygen atoms in total. The van der Waals surface area contributed by atoms with Gasteiger partial charge in [-0.15, -0.1) is 0 Å². The highest BCUT2D eigenvalue weighted by molar-refractivity contribution is 9.09. The number of hydrogen-bond acceptors (Lipinski definition) is 2. The Kier molecular flexibility index (Phi) is 4.24. The Labute approximate surface area is 105 Å². The van der Waals surface area contributed by atoms with Crippen LogP contribution in [0.25, 0.3) is 0 Å². The van der Waals surface area contributed by atoms with E-state index in [0.717, 1.165) is 37.1 Å². The van der Waals surface area contributed by atoms with Crippen molar-refractivity contribution in [2.24, 2.45) is 0 Å². The molecule has 3 heteroatoms. The van der Waals surface area contributed by atoms with E-state index in [4.69, 9.17) is 9.47 Å². The summed E-state index contributed by atoms with van der Waals surface area (Å²) in [6, 6.07) is 6.33. The highest BCUT2D eigenvalue weighted by atomic mass is 79.9. The molecule has 0 fully saturated rings. The zero-order valence-electron chi connectivity index (χ0n) is 9.54. The van der Waals surface area contributed by atoms with E-state index >= 15 is 0 Å². The van der Waals surface area contributed by atoms with Crippen LogP contribution in [0.15, 0.2) is 18.2 Å². The predicted octanol–water partition coefficient (Wildman–Crippen LogP) is 3.48. The van der Waals surface area contributed by atoms with E-state index in [1.165, 1.54) is 11.1 Å². The molecule has 88 valence electrons. The van der Waals surface area contributed by atoms with Crippen LogP contribution in [0.2, 0.25) is 0 Å². The summed E-state index contributed by atoms with van der Waals surface area (Å²) in [7, 11) is 0. The highest BCUT2D eigenvalue weighted by Crippen LogP contribution is 2.30. The van der Waals surface area contributed by atoms with Crippen LogP contribution in [0, 0.1) is 0 Å². The second kappa shape index (κ2) is 5.69. The van der Waals surface area contributed by atoms with Gasteiger partial charge in [0.2, 0.25) is 0 Å². The summed E-state index contributed by atoms with van der Waals surface area (Å²) in [5.41, 5.74) is 2.67. The molecule has 0 bridgehead atoms. The Morgan fingerprint density at radius 3 is 3.12 bits per heavy atom. The second-order valence-corrected chi connectivity index (χ2v) is 4.56. The third kappa shape index (κ3) is 2.58. The molecule has 0 aliphatic carbocycles. The lowest BCUT2D eigenvalue weighted by atomic mass is 10.0. The minimum atomic E-state index is 0.188. The molecule has 1 aliphatic heterocycles. The largest absolute Gasteiger partial charge is 0.494 e. The quantitative estimate of drug-likeness (QED) is 0.791. The first kappa shape index (κ1) is 11.9. The Bertz CT molecular complexity index is 352. The summed E-state index contributed by atoms with van der Waals surface area (Å²) in [6.07, 6.45) is 2.36. The van der Waals surface area contributed by atoms with Crippen LogP contribution in [0.3, 0.4) is 0 Å². The Hall–Kier alpha value is -0.540. The smallest absolute Gasteiger partial charge is 0.119 e. The SMILES string of the molecule is CCOc1ccc2c(c1)CCCOC2CBr. The summed E-state index contributed by atoms with van der Waals surface area (Å²) in [5, 5.41) is 0.855. The Morgan fingerprint density at radius 2 is 2.38 bits per heavy atom. The topological polar surface area (TPSA) is 18.5 Å². The van der Waals surface area contributed by atoms with Crippen LogP contribution in [-0.2, 0) is 11.2 Å². The molecule has 0 N–H and O–H groups in total. The monoisotopic (exact) mass is 284 g/mol. The average Bonchev–Trinajstić information content (AvgIpc) is 2.50. The fourth-order valence-electron chi connectivity index (χ4n) is 2.07. The third-order valence-corrected chi connectivity index (χ3v) is 3.41. The molecule has 2 rings (SSSR count). The Morgan fingerprint density at radius 1 is 1.50 bits per heavy atom. The van der Waals surface area contributed by atoms with Gasteiger partial charge in [-0.1, -0.05) is 22.0 Å². The minimum absolute atomic E-state index is 0.188. The van der Waals surface area contributed by atoms with Crippen molar-refractivity contribution in [3.63, 3.8) is 0 Å². The molecule has 1 atom stereocenters. The van der Waals surface area contributed by atoms with Crippen LogP contribution in [-0.4, -0.2) is 18.5 Å². The van der Waals surface area contributed by atoms with Gasteiger partial charge in [0.05, 0.1) is 12.7 Å². The van der Waals surface area contributed by atoms with Gasteiger partial charge in [-0.2, -0.15) is 0 Å². The van der Waals surface area contributed by atoms with Crippen molar-refractivity contribution in [3.8, 4) is 5.75 Å². The summed E-state index contributed by atoms with van der Waals surface area (Å²) in [6.45, 7) is 3.57. The van der Waals surface area contributed by atoms with Crippen molar-refractivity contribution < 1.29 is 9.47 Å². The standard InChI is InChI=1S/C13H17BrO2/c1-2-15-11-5-6-12-10(8-11)4-3-7-16-13(12)9-14/h5-6,8,13H,2-4,7,9H2,1H3. The number of halogens is 1. The normalized spacial score (nSPS) is 20.0. The molecule has 1 aliphatic rings. The molecule has 0 saturated heterocycles. The molecule has 1 heterocycles. The first-order chi connectivity index (χ1) is 7.85. The molecule has 1 aromatic carbocycles. The minimum Gasteiger partial charge on any atom is -0.494 e. The molecule has 0 spiro atoms. The van der Waals surface area contributed by atoms with Gasteiger partial charge in [0.25, 0.3) is 0 Å². The summed E-state index contributed by atoms with van der Waals surface area (Å²) < 4.78 is 11.3. The van der Waals surface area contributed by atoms with Crippen LogP contribution in [0.4, 0.5) is 0 Å². The van der Waals surface area contributed by atoms with Crippen molar-refractivity contribution >= 4 is 15.9 Å². The number of hydrogen-bond donors (Lipinski definition) is 0. The zero-order valence-corrected chi connectivity index (χ0v) is 11.1. The van der Waals surface area contributed by atoms with Crippen LogP contribution >= 0.6 is 15.9 Å². The lowest BCUT2D eigenvalue weighted by Crippen LogP contribution is -2.05. The number of alkyl halides is 1. The molecule has 1 aromatic rings. The summed E-state index contributed by atoms with van der Waals surface area (Å²) >= 11 is 3.51. The molecule has 0 aromatic heterocycles. The number of aryl methyl sites for hydroxylation is 1. The fourth-order valence-corrected chi connectivity index (χ4v) is 2.61. The van der Waals surface area contributed by atoms with E-state index in [-0.39, 0.29) is 6.10 Å². The molecule has 1 unspecified atom stereocenters. The van der Waals surface area contributed by atoms with Crippen LogP contribution in [0.5, 0.6) is 5.75 Å². The van der Waals surface area contributed by atoms with Gasteiger partial charge in [0.15, 0.2) is 0 Å². The maximum absolute atomic E-state index is 5.79. The number of rotatable bonds is 3. The molecule has 0 radical (unpaired) electrons. The molecular weight excluding hydrogens is 268 g/mol. The molecule has 0 saturated carbocycles. The molecule has 0 amide bonds. The second-order valence-electron chi connectivity index (χ2n) is 3.91. The summed E-state index contributed by atoms with van der Waals surface area (Å²) in [5.74, 6) is 0.969. The van der Waals surface area contributed by atoms with Gasteiger partial charge >= 0.3 is 0 Å². The van der Waals surface area contributed by atoms with Crippen LogP contribution in [0.1, 0.15) is 30.6 Å². The number of benzene rings is 1. The molecule has 16 heavy (non-hydrogen) atoms.